The minimum Gasteiger partial charge on any atom is -0.348 e. The summed E-state index contributed by atoms with van der Waals surface area (Å²) >= 11 is 0. The van der Waals surface area contributed by atoms with Crippen LogP contribution in [0.5, 0.6) is 0 Å². The molecule has 2 rings (SSSR count). The first-order valence-corrected chi connectivity index (χ1v) is 6.06. The van der Waals surface area contributed by atoms with Crippen LogP contribution in [0.1, 0.15) is 28.4 Å². The average Bonchev–Trinajstić information content (AvgIpc) is 2.84. The predicted molar refractivity (Wildman–Crippen MR) is 70.3 cm³/mol. The number of carbonyl (C=O) groups is 1. The van der Waals surface area contributed by atoms with Gasteiger partial charge in [0, 0.05) is 30.4 Å². The molecule has 0 atom stereocenters. The zero-order valence-corrected chi connectivity index (χ0v) is 10.7. The Morgan fingerprint density at radius 3 is 2.83 bits per heavy atom. The van der Waals surface area contributed by atoms with Gasteiger partial charge in [0.2, 0.25) is 0 Å². The SMILES string of the molecule is CCn1cc(CNC(=O)c2ccccc2C)cn1. The highest BCUT2D eigenvalue weighted by Gasteiger charge is 2.07. The van der Waals surface area contributed by atoms with E-state index in [4.69, 9.17) is 0 Å². The molecule has 0 spiro atoms. The van der Waals surface area contributed by atoms with Gasteiger partial charge in [-0.1, -0.05) is 18.2 Å². The minimum absolute atomic E-state index is 0.0441. The number of aromatic nitrogens is 2. The van der Waals surface area contributed by atoms with E-state index in [0.29, 0.717) is 6.54 Å². The van der Waals surface area contributed by atoms with Crippen molar-refractivity contribution < 1.29 is 4.79 Å². The Kier molecular flexibility index (Phi) is 3.77. The van der Waals surface area contributed by atoms with Crippen molar-refractivity contribution >= 4 is 5.91 Å². The van der Waals surface area contributed by atoms with E-state index in [0.717, 1.165) is 23.2 Å². The Labute approximate surface area is 107 Å². The number of aryl methyl sites for hydroxylation is 2. The number of rotatable bonds is 4. The van der Waals surface area contributed by atoms with Crippen LogP contribution in [-0.2, 0) is 13.1 Å². The molecule has 4 heteroatoms. The Morgan fingerprint density at radius 2 is 2.17 bits per heavy atom. The second-order valence-electron chi connectivity index (χ2n) is 4.20. The lowest BCUT2D eigenvalue weighted by atomic mass is 10.1. The first-order valence-electron chi connectivity index (χ1n) is 6.06. The molecule has 0 unspecified atom stereocenters. The maximum atomic E-state index is 12.0. The van der Waals surface area contributed by atoms with Crippen molar-refractivity contribution in [2.75, 3.05) is 0 Å². The van der Waals surface area contributed by atoms with Gasteiger partial charge in [0.15, 0.2) is 0 Å². The van der Waals surface area contributed by atoms with Gasteiger partial charge in [-0.2, -0.15) is 5.10 Å². The second-order valence-corrected chi connectivity index (χ2v) is 4.20. The number of benzene rings is 1. The van der Waals surface area contributed by atoms with Crippen LogP contribution in [0, 0.1) is 6.92 Å². The molecule has 0 aliphatic rings. The molecule has 2 aromatic rings. The van der Waals surface area contributed by atoms with Crippen molar-refractivity contribution in [1.82, 2.24) is 15.1 Å². The maximum absolute atomic E-state index is 12.0. The van der Waals surface area contributed by atoms with Gasteiger partial charge in [-0.05, 0) is 25.5 Å². The van der Waals surface area contributed by atoms with Crippen LogP contribution in [0.4, 0.5) is 0 Å². The highest BCUT2D eigenvalue weighted by molar-refractivity contribution is 5.95. The van der Waals surface area contributed by atoms with E-state index in [1.165, 1.54) is 0 Å². The number of amides is 1. The van der Waals surface area contributed by atoms with Gasteiger partial charge in [-0.25, -0.2) is 0 Å². The standard InChI is InChI=1S/C14H17N3O/c1-3-17-10-12(9-16-17)8-15-14(18)13-7-5-4-6-11(13)2/h4-7,9-10H,3,8H2,1-2H3,(H,15,18). The fraction of sp³-hybridized carbons (Fsp3) is 0.286. The summed E-state index contributed by atoms with van der Waals surface area (Å²) < 4.78 is 1.84. The molecule has 0 saturated carbocycles. The van der Waals surface area contributed by atoms with Crippen LogP contribution in [0.25, 0.3) is 0 Å². The smallest absolute Gasteiger partial charge is 0.251 e. The molecular formula is C14H17N3O. The molecule has 0 aliphatic carbocycles. The third-order valence-electron chi connectivity index (χ3n) is 2.85. The molecule has 0 saturated heterocycles. The lowest BCUT2D eigenvalue weighted by Crippen LogP contribution is -2.23. The fourth-order valence-electron chi connectivity index (χ4n) is 1.78. The van der Waals surface area contributed by atoms with Crippen molar-refractivity contribution in [1.29, 1.82) is 0 Å². The van der Waals surface area contributed by atoms with Crippen LogP contribution in [0.2, 0.25) is 0 Å². The van der Waals surface area contributed by atoms with Gasteiger partial charge in [-0.15, -0.1) is 0 Å². The van der Waals surface area contributed by atoms with E-state index >= 15 is 0 Å². The zero-order valence-electron chi connectivity index (χ0n) is 10.7. The van der Waals surface area contributed by atoms with Crippen molar-refractivity contribution in [3.05, 3.63) is 53.3 Å². The molecule has 1 amide bonds. The second kappa shape index (κ2) is 5.49. The number of hydrogen-bond donors (Lipinski definition) is 1. The number of hydrogen-bond acceptors (Lipinski definition) is 2. The van der Waals surface area contributed by atoms with Crippen LogP contribution < -0.4 is 5.32 Å². The molecule has 0 aliphatic heterocycles. The maximum Gasteiger partial charge on any atom is 0.251 e. The highest BCUT2D eigenvalue weighted by Crippen LogP contribution is 2.07. The van der Waals surface area contributed by atoms with Gasteiger partial charge < -0.3 is 5.32 Å². The Balaban J connectivity index is 1.98. The topological polar surface area (TPSA) is 46.9 Å². The van der Waals surface area contributed by atoms with Crippen molar-refractivity contribution in [2.24, 2.45) is 0 Å². The van der Waals surface area contributed by atoms with E-state index in [1.54, 1.807) is 6.20 Å². The number of nitrogens with zero attached hydrogens (tertiary/aromatic N) is 2. The number of nitrogens with one attached hydrogen (secondary N) is 1. The van der Waals surface area contributed by atoms with Gasteiger partial charge in [0.25, 0.3) is 5.91 Å². The first-order chi connectivity index (χ1) is 8.70. The third-order valence-corrected chi connectivity index (χ3v) is 2.85. The normalized spacial score (nSPS) is 10.3. The van der Waals surface area contributed by atoms with Crippen molar-refractivity contribution in [3.63, 3.8) is 0 Å². The van der Waals surface area contributed by atoms with Crippen molar-refractivity contribution in [3.8, 4) is 0 Å². The molecule has 0 radical (unpaired) electrons. The van der Waals surface area contributed by atoms with E-state index in [-0.39, 0.29) is 5.91 Å². The highest BCUT2D eigenvalue weighted by atomic mass is 16.1. The molecule has 18 heavy (non-hydrogen) atoms. The summed E-state index contributed by atoms with van der Waals surface area (Å²) in [7, 11) is 0. The van der Waals surface area contributed by atoms with Gasteiger partial charge in [-0.3, -0.25) is 9.48 Å². The molecule has 4 nitrogen and oxygen atoms in total. The van der Waals surface area contributed by atoms with Crippen LogP contribution >= 0.6 is 0 Å². The number of carbonyl (C=O) groups excluding carboxylic acids is 1. The van der Waals surface area contributed by atoms with Gasteiger partial charge in [0.1, 0.15) is 0 Å². The molecule has 1 N–H and O–H groups in total. The summed E-state index contributed by atoms with van der Waals surface area (Å²) in [6, 6.07) is 7.57. The van der Waals surface area contributed by atoms with E-state index in [2.05, 4.69) is 10.4 Å². The fourth-order valence-corrected chi connectivity index (χ4v) is 1.78. The summed E-state index contributed by atoms with van der Waals surface area (Å²) in [6.45, 7) is 5.31. The van der Waals surface area contributed by atoms with Crippen LogP contribution in [-0.4, -0.2) is 15.7 Å². The lowest BCUT2D eigenvalue weighted by molar-refractivity contribution is 0.0950. The molecule has 1 aromatic heterocycles. The zero-order chi connectivity index (χ0) is 13.0. The quantitative estimate of drug-likeness (QED) is 0.894. The largest absolute Gasteiger partial charge is 0.348 e. The monoisotopic (exact) mass is 243 g/mol. The first kappa shape index (κ1) is 12.4. The van der Waals surface area contributed by atoms with Gasteiger partial charge in [0.05, 0.1) is 6.20 Å². The molecule has 1 heterocycles. The van der Waals surface area contributed by atoms with E-state index in [1.807, 2.05) is 49.0 Å². The Morgan fingerprint density at radius 1 is 1.39 bits per heavy atom. The predicted octanol–water partition coefficient (Wildman–Crippen LogP) is 2.14. The minimum atomic E-state index is -0.0441. The average molecular weight is 243 g/mol. The van der Waals surface area contributed by atoms with E-state index < -0.39 is 0 Å². The summed E-state index contributed by atoms with van der Waals surface area (Å²) in [5.74, 6) is -0.0441. The van der Waals surface area contributed by atoms with Crippen LogP contribution in [0.15, 0.2) is 36.7 Å². The summed E-state index contributed by atoms with van der Waals surface area (Å²) in [4.78, 5) is 12.0. The molecular weight excluding hydrogens is 226 g/mol. The molecule has 1 aromatic carbocycles. The van der Waals surface area contributed by atoms with Gasteiger partial charge >= 0.3 is 0 Å². The molecule has 94 valence electrons. The summed E-state index contributed by atoms with van der Waals surface area (Å²) in [5, 5.41) is 7.07. The summed E-state index contributed by atoms with van der Waals surface area (Å²) in [6.07, 6.45) is 3.72. The van der Waals surface area contributed by atoms with Crippen LogP contribution in [0.3, 0.4) is 0 Å². The Hall–Kier alpha value is -2.10. The van der Waals surface area contributed by atoms with Crippen molar-refractivity contribution in [2.45, 2.75) is 26.9 Å². The van der Waals surface area contributed by atoms with E-state index in [9.17, 15) is 4.79 Å². The Bertz CT molecular complexity index is 545. The summed E-state index contributed by atoms with van der Waals surface area (Å²) in [5.41, 5.74) is 2.72. The molecule has 0 bridgehead atoms. The lowest BCUT2D eigenvalue weighted by Gasteiger charge is -2.06. The molecule has 0 fully saturated rings. The third kappa shape index (κ3) is 2.77.